The van der Waals surface area contributed by atoms with Gasteiger partial charge in [0.1, 0.15) is 6.17 Å². The van der Waals surface area contributed by atoms with Crippen molar-refractivity contribution in [3.8, 4) is 5.69 Å². The predicted octanol–water partition coefficient (Wildman–Crippen LogP) is 3.45. The third kappa shape index (κ3) is 2.49. The van der Waals surface area contributed by atoms with Crippen molar-refractivity contribution < 1.29 is 9.72 Å². The van der Waals surface area contributed by atoms with E-state index in [4.69, 9.17) is 0 Å². The van der Waals surface area contributed by atoms with Crippen LogP contribution in [0.3, 0.4) is 0 Å². The second-order valence-corrected chi connectivity index (χ2v) is 5.80. The molecule has 1 atom stereocenters. The number of para-hydroxylation sites is 1. The number of fused-ring (bicyclic) bond motifs is 1. The molecule has 0 spiro atoms. The molecule has 0 saturated heterocycles. The topological polar surface area (TPSA) is 103 Å². The Morgan fingerprint density at radius 3 is 2.65 bits per heavy atom. The highest BCUT2D eigenvalue weighted by atomic mass is 16.6. The second kappa shape index (κ2) is 6.01. The lowest BCUT2D eigenvalue weighted by atomic mass is 10.1. The Morgan fingerprint density at radius 1 is 1.04 bits per heavy atom. The molecule has 1 aliphatic rings. The van der Waals surface area contributed by atoms with E-state index in [-0.39, 0.29) is 5.69 Å². The highest BCUT2D eigenvalue weighted by Crippen LogP contribution is 2.33. The molecule has 0 fully saturated rings. The van der Waals surface area contributed by atoms with E-state index in [1.807, 2.05) is 0 Å². The van der Waals surface area contributed by atoms with Crippen LogP contribution >= 0.6 is 0 Å². The Labute approximate surface area is 148 Å². The zero-order valence-corrected chi connectivity index (χ0v) is 13.4. The van der Waals surface area contributed by atoms with Crippen LogP contribution in [-0.4, -0.2) is 20.5 Å². The average Bonchev–Trinajstić information content (AvgIpc) is 3.14. The van der Waals surface area contributed by atoms with Crippen molar-refractivity contribution in [3.05, 3.63) is 93.4 Å². The van der Waals surface area contributed by atoms with Crippen LogP contribution in [0.15, 0.2) is 66.9 Å². The smallest absolute Gasteiger partial charge is 0.271 e. The SMILES string of the molecule is O=C1c2ccccc2NC(c2cccn2-c2cccc([N+](=O)[O-])c2)N1[O-]. The van der Waals surface area contributed by atoms with E-state index in [2.05, 4.69) is 5.32 Å². The average molecular weight is 349 g/mol. The number of nitrogens with zero attached hydrogens (tertiary/aromatic N) is 3. The van der Waals surface area contributed by atoms with Crippen LogP contribution in [0.2, 0.25) is 0 Å². The first-order valence-electron chi connectivity index (χ1n) is 7.84. The van der Waals surface area contributed by atoms with Crippen molar-refractivity contribution in [3.63, 3.8) is 0 Å². The predicted molar refractivity (Wildman–Crippen MR) is 94.8 cm³/mol. The summed E-state index contributed by atoms with van der Waals surface area (Å²) in [6.07, 6.45) is 0.751. The van der Waals surface area contributed by atoms with E-state index in [9.17, 15) is 20.1 Å². The highest BCUT2D eigenvalue weighted by molar-refractivity contribution is 6.01. The van der Waals surface area contributed by atoms with Gasteiger partial charge in [-0.05, 0) is 30.3 Å². The fraction of sp³-hybridized carbons (Fsp3) is 0.0556. The Balaban J connectivity index is 1.77. The van der Waals surface area contributed by atoms with Crippen molar-refractivity contribution in [2.75, 3.05) is 5.32 Å². The van der Waals surface area contributed by atoms with E-state index in [1.165, 1.54) is 12.1 Å². The van der Waals surface area contributed by atoms with Gasteiger partial charge in [0, 0.05) is 24.0 Å². The Kier molecular flexibility index (Phi) is 3.67. The van der Waals surface area contributed by atoms with Crippen LogP contribution < -0.4 is 5.32 Å². The molecule has 3 aromatic rings. The number of amides is 1. The summed E-state index contributed by atoms with van der Waals surface area (Å²) in [6.45, 7) is 0. The third-order valence-electron chi connectivity index (χ3n) is 4.26. The van der Waals surface area contributed by atoms with Gasteiger partial charge in [0.25, 0.3) is 5.69 Å². The molecule has 1 aromatic heterocycles. The number of aromatic nitrogens is 1. The molecular weight excluding hydrogens is 336 g/mol. The molecule has 0 saturated carbocycles. The maximum atomic E-state index is 12.5. The number of hydrogen-bond donors (Lipinski definition) is 1. The minimum atomic E-state index is -0.938. The molecule has 2 heterocycles. The van der Waals surface area contributed by atoms with Gasteiger partial charge < -0.3 is 20.2 Å². The van der Waals surface area contributed by atoms with E-state index >= 15 is 0 Å². The zero-order chi connectivity index (χ0) is 18.3. The number of hydroxylamine groups is 2. The number of nitro groups is 1. The van der Waals surface area contributed by atoms with Gasteiger partial charge in [0.2, 0.25) is 5.91 Å². The first-order chi connectivity index (χ1) is 12.6. The van der Waals surface area contributed by atoms with Gasteiger partial charge in [-0.2, -0.15) is 0 Å². The normalized spacial score (nSPS) is 16.1. The maximum Gasteiger partial charge on any atom is 0.271 e. The van der Waals surface area contributed by atoms with Gasteiger partial charge >= 0.3 is 0 Å². The van der Waals surface area contributed by atoms with Crippen LogP contribution in [-0.2, 0) is 0 Å². The summed E-state index contributed by atoms with van der Waals surface area (Å²) < 4.78 is 1.65. The summed E-state index contributed by atoms with van der Waals surface area (Å²) in [5, 5.41) is 27.0. The number of carbonyl (C=O) groups excluding carboxylic acids is 1. The molecule has 0 bridgehead atoms. The van der Waals surface area contributed by atoms with Crippen LogP contribution in [0.4, 0.5) is 11.4 Å². The maximum absolute atomic E-state index is 12.5. The summed E-state index contributed by atoms with van der Waals surface area (Å²) >= 11 is 0. The van der Waals surface area contributed by atoms with Crippen molar-refractivity contribution in [2.45, 2.75) is 6.17 Å². The summed E-state index contributed by atoms with van der Waals surface area (Å²) in [4.78, 5) is 22.9. The fourth-order valence-corrected chi connectivity index (χ4v) is 3.04. The number of nitrogens with one attached hydrogen (secondary N) is 1. The van der Waals surface area contributed by atoms with E-state index in [0.717, 1.165) is 0 Å². The summed E-state index contributed by atoms with van der Waals surface area (Å²) in [5.41, 5.74) is 1.86. The number of hydrogen-bond acceptors (Lipinski definition) is 5. The largest absolute Gasteiger partial charge is 0.754 e. The van der Waals surface area contributed by atoms with Gasteiger partial charge in [-0.1, -0.05) is 18.2 Å². The summed E-state index contributed by atoms with van der Waals surface area (Å²) in [5.74, 6) is -0.629. The highest BCUT2D eigenvalue weighted by Gasteiger charge is 2.29. The number of anilines is 1. The monoisotopic (exact) mass is 349 g/mol. The summed E-state index contributed by atoms with van der Waals surface area (Å²) in [7, 11) is 0. The van der Waals surface area contributed by atoms with Gasteiger partial charge in [0.05, 0.1) is 21.9 Å². The van der Waals surface area contributed by atoms with Crippen LogP contribution in [0.25, 0.3) is 5.69 Å². The van der Waals surface area contributed by atoms with Gasteiger partial charge in [-0.25, -0.2) is 0 Å². The lowest BCUT2D eigenvalue weighted by Gasteiger charge is -2.42. The van der Waals surface area contributed by atoms with Gasteiger partial charge in [-0.3, -0.25) is 14.9 Å². The third-order valence-corrected chi connectivity index (χ3v) is 4.26. The molecule has 2 aromatic carbocycles. The molecule has 1 N–H and O–H groups in total. The molecule has 4 rings (SSSR count). The van der Waals surface area contributed by atoms with Crippen molar-refractivity contribution >= 4 is 17.3 Å². The Hall–Kier alpha value is -3.65. The molecule has 26 heavy (non-hydrogen) atoms. The van der Waals surface area contributed by atoms with Gasteiger partial charge in [-0.15, -0.1) is 0 Å². The second-order valence-electron chi connectivity index (χ2n) is 5.80. The van der Waals surface area contributed by atoms with Crippen LogP contribution in [0, 0.1) is 15.3 Å². The molecule has 1 unspecified atom stereocenters. The van der Waals surface area contributed by atoms with Crippen molar-refractivity contribution in [1.82, 2.24) is 9.63 Å². The minimum Gasteiger partial charge on any atom is -0.754 e. The standard InChI is InChI=1S/C18H13N4O4/c23-18-14-7-1-2-8-15(14)19-17(21(18)24)16-9-4-10-20(16)12-5-3-6-13(11-12)22(25)26/h1-11,17,19H/q-1. The van der Waals surface area contributed by atoms with Crippen molar-refractivity contribution in [2.24, 2.45) is 0 Å². The number of nitro benzene ring substituents is 1. The lowest BCUT2D eigenvalue weighted by molar-refractivity contribution is -0.384. The van der Waals surface area contributed by atoms with E-state index in [0.29, 0.717) is 27.7 Å². The molecule has 1 amide bonds. The first-order valence-corrected chi connectivity index (χ1v) is 7.84. The van der Waals surface area contributed by atoms with Gasteiger partial charge in [0.15, 0.2) is 0 Å². The van der Waals surface area contributed by atoms with Crippen molar-refractivity contribution in [1.29, 1.82) is 0 Å². The molecule has 0 aliphatic carbocycles. The Morgan fingerprint density at radius 2 is 1.85 bits per heavy atom. The molecule has 8 nitrogen and oxygen atoms in total. The molecule has 8 heteroatoms. The fourth-order valence-electron chi connectivity index (χ4n) is 3.04. The van der Waals surface area contributed by atoms with Crippen LogP contribution in [0.1, 0.15) is 22.2 Å². The zero-order valence-electron chi connectivity index (χ0n) is 13.4. The van der Waals surface area contributed by atoms with E-state index < -0.39 is 17.0 Å². The molecular formula is C18H13N4O4-. The first kappa shape index (κ1) is 15.9. The molecule has 0 radical (unpaired) electrons. The lowest BCUT2D eigenvalue weighted by Crippen LogP contribution is -2.39. The summed E-state index contributed by atoms with van der Waals surface area (Å²) in [6, 6.07) is 16.3. The number of rotatable bonds is 3. The minimum absolute atomic E-state index is 0.0563. The number of non-ortho nitro benzene ring substituents is 1. The number of carbonyl (C=O) groups is 1. The molecule has 130 valence electrons. The quantitative estimate of drug-likeness (QED) is 0.576. The Bertz CT molecular complexity index is 1010. The number of benzene rings is 2. The molecule has 1 aliphatic heterocycles. The van der Waals surface area contributed by atoms with E-state index in [1.54, 1.807) is 59.3 Å². The van der Waals surface area contributed by atoms with Crippen LogP contribution in [0.5, 0.6) is 0 Å².